The predicted molar refractivity (Wildman–Crippen MR) is 76.5 cm³/mol. The van der Waals surface area contributed by atoms with Gasteiger partial charge in [0.05, 0.1) is 18.4 Å². The average Bonchev–Trinajstić information content (AvgIpc) is 2.66. The van der Waals surface area contributed by atoms with Gasteiger partial charge in [0, 0.05) is 19.1 Å². The summed E-state index contributed by atoms with van der Waals surface area (Å²) in [5.41, 5.74) is 0. The van der Waals surface area contributed by atoms with E-state index in [0.29, 0.717) is 13.1 Å². The van der Waals surface area contributed by atoms with Crippen LogP contribution in [0.2, 0.25) is 0 Å². The molecule has 0 aromatic rings. The highest BCUT2D eigenvalue weighted by Gasteiger charge is 2.48. The standard InChI is InChI=1S/C15H24N2O4/c1-4-11(5-2)17-13(18)6-12(14(17)19)16-7-10(8-16)9(3)15(20)21/h9-12H,4-8H2,1-3H3,(H,20,21). The van der Waals surface area contributed by atoms with Crippen LogP contribution < -0.4 is 0 Å². The van der Waals surface area contributed by atoms with Gasteiger partial charge in [-0.1, -0.05) is 20.8 Å². The molecule has 0 saturated carbocycles. The van der Waals surface area contributed by atoms with E-state index < -0.39 is 11.9 Å². The fourth-order valence-electron chi connectivity index (χ4n) is 3.28. The Bertz CT molecular complexity index is 441. The smallest absolute Gasteiger partial charge is 0.306 e. The zero-order valence-corrected chi connectivity index (χ0v) is 12.9. The van der Waals surface area contributed by atoms with Crippen LogP contribution in [0.5, 0.6) is 0 Å². The number of hydrogen-bond acceptors (Lipinski definition) is 4. The molecule has 0 aromatic carbocycles. The van der Waals surface area contributed by atoms with Gasteiger partial charge in [0.25, 0.3) is 0 Å². The number of hydrogen-bond donors (Lipinski definition) is 1. The Kier molecular flexibility index (Phi) is 4.66. The van der Waals surface area contributed by atoms with Crippen LogP contribution in [-0.4, -0.2) is 57.9 Å². The van der Waals surface area contributed by atoms with Crippen molar-refractivity contribution in [1.29, 1.82) is 0 Å². The third kappa shape index (κ3) is 2.81. The molecule has 2 aliphatic heterocycles. The number of carboxylic acids is 1. The molecule has 2 unspecified atom stereocenters. The highest BCUT2D eigenvalue weighted by molar-refractivity contribution is 6.05. The minimum absolute atomic E-state index is 0.00924. The topological polar surface area (TPSA) is 77.9 Å². The van der Waals surface area contributed by atoms with Crippen molar-refractivity contribution in [3.8, 4) is 0 Å². The Balaban J connectivity index is 1.97. The number of nitrogens with zero attached hydrogens (tertiary/aromatic N) is 2. The second-order valence-corrected chi connectivity index (χ2v) is 6.13. The van der Waals surface area contributed by atoms with Gasteiger partial charge in [-0.2, -0.15) is 0 Å². The van der Waals surface area contributed by atoms with E-state index in [-0.39, 0.29) is 36.2 Å². The van der Waals surface area contributed by atoms with Crippen LogP contribution in [-0.2, 0) is 14.4 Å². The number of aliphatic carboxylic acids is 1. The Hall–Kier alpha value is -1.43. The molecular weight excluding hydrogens is 272 g/mol. The van der Waals surface area contributed by atoms with Gasteiger partial charge in [-0.25, -0.2) is 0 Å². The Labute approximate surface area is 125 Å². The van der Waals surface area contributed by atoms with Crippen molar-refractivity contribution in [2.75, 3.05) is 13.1 Å². The van der Waals surface area contributed by atoms with Crippen molar-refractivity contribution in [1.82, 2.24) is 9.80 Å². The van der Waals surface area contributed by atoms with Gasteiger partial charge in [0.15, 0.2) is 0 Å². The molecule has 118 valence electrons. The van der Waals surface area contributed by atoms with E-state index in [0.717, 1.165) is 12.8 Å². The maximum Gasteiger partial charge on any atom is 0.306 e. The fourth-order valence-corrected chi connectivity index (χ4v) is 3.28. The lowest BCUT2D eigenvalue weighted by Crippen LogP contribution is -2.57. The van der Waals surface area contributed by atoms with E-state index in [2.05, 4.69) is 0 Å². The van der Waals surface area contributed by atoms with E-state index in [1.165, 1.54) is 4.90 Å². The maximum atomic E-state index is 12.5. The lowest BCUT2D eigenvalue weighted by Gasteiger charge is -2.43. The molecule has 1 N–H and O–H groups in total. The molecule has 6 nitrogen and oxygen atoms in total. The first-order chi connectivity index (χ1) is 9.90. The molecule has 2 rings (SSSR count). The van der Waals surface area contributed by atoms with Crippen molar-refractivity contribution in [2.45, 2.75) is 52.1 Å². The molecule has 21 heavy (non-hydrogen) atoms. The summed E-state index contributed by atoms with van der Waals surface area (Å²) in [4.78, 5) is 38.9. The Morgan fingerprint density at radius 2 is 1.86 bits per heavy atom. The van der Waals surface area contributed by atoms with Gasteiger partial charge in [0.1, 0.15) is 0 Å². The molecule has 2 atom stereocenters. The summed E-state index contributed by atoms with van der Waals surface area (Å²) >= 11 is 0. The van der Waals surface area contributed by atoms with Crippen LogP contribution in [0, 0.1) is 11.8 Å². The molecule has 2 heterocycles. The molecule has 2 aliphatic rings. The zero-order chi connectivity index (χ0) is 15.7. The second-order valence-electron chi connectivity index (χ2n) is 6.13. The van der Waals surface area contributed by atoms with Crippen molar-refractivity contribution in [3.63, 3.8) is 0 Å². The summed E-state index contributed by atoms with van der Waals surface area (Å²) in [7, 11) is 0. The molecule has 2 saturated heterocycles. The van der Waals surface area contributed by atoms with E-state index in [1.54, 1.807) is 6.92 Å². The van der Waals surface area contributed by atoms with Crippen molar-refractivity contribution < 1.29 is 19.5 Å². The van der Waals surface area contributed by atoms with Crippen LogP contribution in [0.4, 0.5) is 0 Å². The quantitative estimate of drug-likeness (QED) is 0.739. The first kappa shape index (κ1) is 15.9. The molecule has 0 aliphatic carbocycles. The van der Waals surface area contributed by atoms with Gasteiger partial charge < -0.3 is 5.11 Å². The van der Waals surface area contributed by atoms with Gasteiger partial charge in [-0.15, -0.1) is 0 Å². The molecule has 2 fully saturated rings. The maximum absolute atomic E-state index is 12.5. The zero-order valence-electron chi connectivity index (χ0n) is 12.9. The van der Waals surface area contributed by atoms with E-state index >= 15 is 0 Å². The highest BCUT2D eigenvalue weighted by Crippen LogP contribution is 2.31. The Morgan fingerprint density at radius 1 is 1.29 bits per heavy atom. The number of carbonyl (C=O) groups excluding carboxylic acids is 2. The molecule has 0 aromatic heterocycles. The SMILES string of the molecule is CCC(CC)N1C(=O)CC(N2CC(C(C)C(=O)O)C2)C1=O. The largest absolute Gasteiger partial charge is 0.481 e. The molecule has 6 heteroatoms. The van der Waals surface area contributed by atoms with Gasteiger partial charge in [-0.05, 0) is 18.8 Å². The van der Waals surface area contributed by atoms with Crippen LogP contribution in [0.25, 0.3) is 0 Å². The first-order valence-corrected chi connectivity index (χ1v) is 7.73. The van der Waals surface area contributed by atoms with Gasteiger partial charge in [-0.3, -0.25) is 24.2 Å². The van der Waals surface area contributed by atoms with Crippen LogP contribution in [0.3, 0.4) is 0 Å². The van der Waals surface area contributed by atoms with E-state index in [1.807, 2.05) is 18.7 Å². The normalized spacial score (nSPS) is 25.5. The predicted octanol–water partition coefficient (Wildman–Crippen LogP) is 0.955. The number of carboxylic acid groups (broad SMARTS) is 1. The lowest BCUT2D eigenvalue weighted by atomic mass is 9.85. The van der Waals surface area contributed by atoms with Crippen LogP contribution >= 0.6 is 0 Å². The Morgan fingerprint density at radius 3 is 2.33 bits per heavy atom. The summed E-state index contributed by atoms with van der Waals surface area (Å²) in [6.45, 7) is 6.84. The van der Waals surface area contributed by atoms with Crippen LogP contribution in [0.15, 0.2) is 0 Å². The van der Waals surface area contributed by atoms with Crippen LogP contribution in [0.1, 0.15) is 40.0 Å². The fraction of sp³-hybridized carbons (Fsp3) is 0.800. The van der Waals surface area contributed by atoms with Gasteiger partial charge in [0.2, 0.25) is 11.8 Å². The van der Waals surface area contributed by atoms with Gasteiger partial charge >= 0.3 is 5.97 Å². The monoisotopic (exact) mass is 296 g/mol. The number of carbonyl (C=O) groups is 3. The minimum Gasteiger partial charge on any atom is -0.481 e. The third-order valence-electron chi connectivity index (χ3n) is 4.94. The molecular formula is C15H24N2O4. The van der Waals surface area contributed by atoms with Crippen molar-refractivity contribution >= 4 is 17.8 Å². The molecule has 0 spiro atoms. The average molecular weight is 296 g/mol. The summed E-state index contributed by atoms with van der Waals surface area (Å²) < 4.78 is 0. The molecule has 2 amide bonds. The summed E-state index contributed by atoms with van der Waals surface area (Å²) in [6, 6.07) is -0.389. The summed E-state index contributed by atoms with van der Waals surface area (Å²) in [5, 5.41) is 8.99. The second kappa shape index (κ2) is 6.13. The lowest BCUT2D eigenvalue weighted by molar-refractivity contribution is -0.147. The minimum atomic E-state index is -0.799. The van der Waals surface area contributed by atoms with Crippen molar-refractivity contribution in [2.24, 2.45) is 11.8 Å². The highest BCUT2D eigenvalue weighted by atomic mass is 16.4. The third-order valence-corrected chi connectivity index (χ3v) is 4.94. The number of likely N-dealkylation sites (tertiary alicyclic amines) is 2. The van der Waals surface area contributed by atoms with E-state index in [4.69, 9.17) is 5.11 Å². The van der Waals surface area contributed by atoms with E-state index in [9.17, 15) is 14.4 Å². The number of amides is 2. The number of imide groups is 1. The summed E-state index contributed by atoms with van der Waals surface area (Å²) in [6.07, 6.45) is 1.79. The number of rotatable bonds is 6. The first-order valence-electron chi connectivity index (χ1n) is 7.73. The van der Waals surface area contributed by atoms with Crippen molar-refractivity contribution in [3.05, 3.63) is 0 Å². The molecule has 0 radical (unpaired) electrons. The molecule has 0 bridgehead atoms. The summed E-state index contributed by atoms with van der Waals surface area (Å²) in [5.74, 6) is -1.31.